The first kappa shape index (κ1) is 19.2. The number of benzene rings is 2. The van der Waals surface area contributed by atoms with Gasteiger partial charge in [0.1, 0.15) is 0 Å². The maximum absolute atomic E-state index is 9.75. The maximum Gasteiger partial charge on any atom is 0.160 e. The highest BCUT2D eigenvalue weighted by Gasteiger charge is 2.25. The van der Waals surface area contributed by atoms with Crippen LogP contribution < -0.4 is 4.74 Å². The molecule has 1 unspecified atom stereocenters. The first-order valence-electron chi connectivity index (χ1n) is 9.57. The molecule has 0 amide bonds. The number of aryl methyl sites for hydroxylation is 1. The van der Waals surface area contributed by atoms with E-state index in [0.29, 0.717) is 11.8 Å². The molecule has 1 N–H and O–H groups in total. The van der Waals surface area contributed by atoms with E-state index in [1.165, 1.54) is 27.8 Å². The predicted molar refractivity (Wildman–Crippen MR) is 113 cm³/mol. The molecule has 2 aromatic carbocycles. The van der Waals surface area contributed by atoms with Gasteiger partial charge in [-0.1, -0.05) is 43.0 Å². The molecule has 0 saturated carbocycles. The number of allylic oxidation sites excluding steroid dienone is 1. The Morgan fingerprint density at radius 3 is 2.78 bits per heavy atom. The molecule has 1 aliphatic heterocycles. The number of hydrogen-bond acceptors (Lipinski definition) is 3. The van der Waals surface area contributed by atoms with Crippen LogP contribution in [0.2, 0.25) is 0 Å². The van der Waals surface area contributed by atoms with Gasteiger partial charge in [-0.3, -0.25) is 4.90 Å². The van der Waals surface area contributed by atoms with E-state index in [1.807, 2.05) is 18.2 Å². The quantitative estimate of drug-likeness (QED) is 0.713. The highest BCUT2D eigenvalue weighted by molar-refractivity contribution is 5.69. The second-order valence-corrected chi connectivity index (χ2v) is 7.21. The molecule has 0 bridgehead atoms. The SMILES string of the molecule is C=Cc1ccc2c(c1C=CC)CN(C(C)CCc1ccc(O)c(OC)c1)C2. The molecule has 3 rings (SSSR count). The number of hydrogen-bond donors (Lipinski definition) is 1. The molecule has 142 valence electrons. The van der Waals surface area contributed by atoms with Crippen LogP contribution in [0.5, 0.6) is 11.5 Å². The third-order valence-electron chi connectivity index (χ3n) is 5.49. The molecule has 3 nitrogen and oxygen atoms in total. The van der Waals surface area contributed by atoms with E-state index in [4.69, 9.17) is 4.74 Å². The van der Waals surface area contributed by atoms with Gasteiger partial charge < -0.3 is 9.84 Å². The average molecular weight is 364 g/mol. The van der Waals surface area contributed by atoms with Crippen molar-refractivity contribution < 1.29 is 9.84 Å². The lowest BCUT2D eigenvalue weighted by atomic mass is 9.97. The van der Waals surface area contributed by atoms with Crippen LogP contribution in [0.1, 0.15) is 48.1 Å². The van der Waals surface area contributed by atoms with Crippen molar-refractivity contribution in [2.75, 3.05) is 7.11 Å². The molecule has 1 atom stereocenters. The fourth-order valence-corrected chi connectivity index (χ4v) is 3.83. The highest BCUT2D eigenvalue weighted by atomic mass is 16.5. The van der Waals surface area contributed by atoms with Crippen molar-refractivity contribution in [2.45, 2.75) is 45.8 Å². The van der Waals surface area contributed by atoms with Gasteiger partial charge in [0.05, 0.1) is 7.11 Å². The minimum Gasteiger partial charge on any atom is -0.504 e. The molecule has 0 aromatic heterocycles. The molecule has 0 saturated heterocycles. The van der Waals surface area contributed by atoms with E-state index in [0.717, 1.165) is 25.9 Å². The lowest BCUT2D eigenvalue weighted by Crippen LogP contribution is -2.28. The standard InChI is InChI=1S/C24H29NO2/c1-5-7-21-19(6-2)11-12-20-15-25(16-22(20)21)17(3)8-9-18-10-13-23(26)24(14-18)27-4/h5-7,10-14,17,26H,2,8-9,15-16H2,1,3-4H3. The van der Waals surface area contributed by atoms with Crippen LogP contribution in [0.15, 0.2) is 43.0 Å². The van der Waals surface area contributed by atoms with Gasteiger partial charge in [-0.25, -0.2) is 0 Å². The molecule has 0 spiro atoms. The molecular formula is C24H29NO2. The van der Waals surface area contributed by atoms with E-state index in [9.17, 15) is 5.11 Å². The highest BCUT2D eigenvalue weighted by Crippen LogP contribution is 2.32. The third kappa shape index (κ3) is 4.09. The van der Waals surface area contributed by atoms with Crippen LogP contribution in [0.3, 0.4) is 0 Å². The maximum atomic E-state index is 9.75. The summed E-state index contributed by atoms with van der Waals surface area (Å²) in [6.07, 6.45) is 8.28. The third-order valence-corrected chi connectivity index (χ3v) is 5.49. The van der Waals surface area contributed by atoms with Gasteiger partial charge in [0.2, 0.25) is 0 Å². The van der Waals surface area contributed by atoms with Crippen LogP contribution in [0, 0.1) is 0 Å². The molecule has 3 heteroatoms. The first-order valence-corrected chi connectivity index (χ1v) is 9.57. The Hall–Kier alpha value is -2.52. The van der Waals surface area contributed by atoms with Crippen molar-refractivity contribution >= 4 is 12.2 Å². The normalized spacial score (nSPS) is 15.1. The van der Waals surface area contributed by atoms with Gasteiger partial charge in [-0.05, 0) is 66.6 Å². The van der Waals surface area contributed by atoms with Crippen LogP contribution >= 0.6 is 0 Å². The van der Waals surface area contributed by atoms with Crippen molar-refractivity contribution in [3.05, 3.63) is 70.8 Å². The summed E-state index contributed by atoms with van der Waals surface area (Å²) in [6, 6.07) is 10.5. The molecule has 1 aliphatic rings. The van der Waals surface area contributed by atoms with Crippen LogP contribution in [0.4, 0.5) is 0 Å². The van der Waals surface area contributed by atoms with Gasteiger partial charge >= 0.3 is 0 Å². The Bertz CT molecular complexity index is 854. The zero-order valence-electron chi connectivity index (χ0n) is 16.5. The number of fused-ring (bicyclic) bond motifs is 1. The van der Waals surface area contributed by atoms with Gasteiger partial charge in [0.25, 0.3) is 0 Å². The van der Waals surface area contributed by atoms with E-state index in [-0.39, 0.29) is 5.75 Å². The summed E-state index contributed by atoms with van der Waals surface area (Å²) in [5.74, 6) is 0.737. The minimum atomic E-state index is 0.193. The summed E-state index contributed by atoms with van der Waals surface area (Å²) in [5, 5.41) is 9.75. The zero-order valence-corrected chi connectivity index (χ0v) is 16.5. The zero-order chi connectivity index (χ0) is 19.4. The van der Waals surface area contributed by atoms with Gasteiger partial charge in [-0.2, -0.15) is 0 Å². The number of methoxy groups -OCH3 is 1. The fraction of sp³-hybridized carbons (Fsp3) is 0.333. The molecule has 27 heavy (non-hydrogen) atoms. The van der Waals surface area contributed by atoms with Gasteiger partial charge in [-0.15, -0.1) is 0 Å². The van der Waals surface area contributed by atoms with Crippen molar-refractivity contribution in [3.8, 4) is 11.5 Å². The first-order chi connectivity index (χ1) is 13.1. The minimum absolute atomic E-state index is 0.193. The average Bonchev–Trinajstić information content (AvgIpc) is 3.12. The van der Waals surface area contributed by atoms with E-state index in [2.05, 4.69) is 49.6 Å². The van der Waals surface area contributed by atoms with Crippen LogP contribution in [0.25, 0.3) is 12.2 Å². The van der Waals surface area contributed by atoms with Gasteiger partial charge in [0, 0.05) is 19.1 Å². The molecule has 0 aliphatic carbocycles. The predicted octanol–water partition coefficient (Wildman–Crippen LogP) is 5.41. The van der Waals surface area contributed by atoms with Crippen molar-refractivity contribution in [1.82, 2.24) is 4.90 Å². The summed E-state index contributed by atoms with van der Waals surface area (Å²) >= 11 is 0. The Balaban J connectivity index is 1.69. The van der Waals surface area contributed by atoms with E-state index < -0.39 is 0 Å². The van der Waals surface area contributed by atoms with Gasteiger partial charge in [0.15, 0.2) is 11.5 Å². The summed E-state index contributed by atoms with van der Waals surface area (Å²) < 4.78 is 5.22. The van der Waals surface area contributed by atoms with Crippen LogP contribution in [-0.4, -0.2) is 23.2 Å². The van der Waals surface area contributed by atoms with Crippen molar-refractivity contribution in [2.24, 2.45) is 0 Å². The second kappa shape index (κ2) is 8.45. The van der Waals surface area contributed by atoms with E-state index >= 15 is 0 Å². The summed E-state index contributed by atoms with van der Waals surface area (Å²) in [7, 11) is 1.59. The Morgan fingerprint density at radius 1 is 1.26 bits per heavy atom. The largest absolute Gasteiger partial charge is 0.504 e. The molecule has 0 fully saturated rings. The summed E-state index contributed by atoms with van der Waals surface area (Å²) in [6.45, 7) is 10.3. The number of rotatable bonds is 7. The lowest BCUT2D eigenvalue weighted by Gasteiger charge is -2.24. The molecule has 1 heterocycles. The van der Waals surface area contributed by atoms with Crippen molar-refractivity contribution in [3.63, 3.8) is 0 Å². The van der Waals surface area contributed by atoms with E-state index in [1.54, 1.807) is 13.2 Å². The summed E-state index contributed by atoms with van der Waals surface area (Å²) in [5.41, 5.74) is 6.56. The Kier molecular flexibility index (Phi) is 6.02. The topological polar surface area (TPSA) is 32.7 Å². The summed E-state index contributed by atoms with van der Waals surface area (Å²) in [4.78, 5) is 2.54. The number of nitrogens with zero attached hydrogens (tertiary/aromatic N) is 1. The molecular weight excluding hydrogens is 334 g/mol. The van der Waals surface area contributed by atoms with Crippen molar-refractivity contribution in [1.29, 1.82) is 0 Å². The molecule has 2 aromatic rings. The van der Waals surface area contributed by atoms with Crippen LogP contribution in [-0.2, 0) is 19.5 Å². The number of phenolic OH excluding ortho intramolecular Hbond substituents is 1. The Morgan fingerprint density at radius 2 is 2.07 bits per heavy atom. The lowest BCUT2D eigenvalue weighted by molar-refractivity contribution is 0.203. The molecule has 0 radical (unpaired) electrons. The number of aromatic hydroxyl groups is 1. The second-order valence-electron chi connectivity index (χ2n) is 7.21. The number of phenols is 1. The smallest absolute Gasteiger partial charge is 0.160 e. The Labute approximate surface area is 162 Å². The fourth-order valence-electron chi connectivity index (χ4n) is 3.83. The number of ether oxygens (including phenoxy) is 1. The monoisotopic (exact) mass is 363 g/mol.